The maximum absolute atomic E-state index is 13.2. The van der Waals surface area contributed by atoms with Crippen molar-refractivity contribution in [3.05, 3.63) is 29.6 Å². The molecule has 1 fully saturated rings. The Bertz CT molecular complexity index is 363. The molecule has 1 unspecified atom stereocenters. The van der Waals surface area contributed by atoms with E-state index in [4.69, 9.17) is 4.74 Å². The van der Waals surface area contributed by atoms with E-state index in [9.17, 15) is 9.50 Å². The summed E-state index contributed by atoms with van der Waals surface area (Å²) in [6, 6.07) is 4.60. The lowest BCUT2D eigenvalue weighted by Gasteiger charge is -2.35. The smallest absolute Gasteiger partial charge is 0.127 e. The molecule has 3 nitrogen and oxygen atoms in total. The normalized spacial score (nSPS) is 21.6. The number of ether oxygens (including phenoxy) is 1. The van der Waals surface area contributed by atoms with Crippen LogP contribution >= 0.6 is 0 Å². The highest BCUT2D eigenvalue weighted by atomic mass is 19.1. The molecule has 0 aromatic heterocycles. The zero-order valence-electron chi connectivity index (χ0n) is 10.0. The number of rotatable bonds is 3. The molecule has 94 valence electrons. The molecule has 0 spiro atoms. The standard InChI is InChI=1S/C13H18FNO2/c1-2-12-9-17-4-3-15(12)8-10-5-11(14)7-13(16)6-10/h5-7,12,16H,2-4,8-9H2,1H3. The third-order valence-electron chi connectivity index (χ3n) is 3.15. The van der Waals surface area contributed by atoms with Gasteiger partial charge in [0.1, 0.15) is 11.6 Å². The topological polar surface area (TPSA) is 32.7 Å². The second-order valence-corrected chi connectivity index (χ2v) is 4.43. The van der Waals surface area contributed by atoms with Gasteiger partial charge in [-0.15, -0.1) is 0 Å². The summed E-state index contributed by atoms with van der Waals surface area (Å²) in [5.41, 5.74) is 0.808. The molecule has 1 heterocycles. The van der Waals surface area contributed by atoms with Gasteiger partial charge < -0.3 is 9.84 Å². The van der Waals surface area contributed by atoms with E-state index in [1.54, 1.807) is 6.07 Å². The lowest BCUT2D eigenvalue weighted by molar-refractivity contribution is -0.0127. The van der Waals surface area contributed by atoms with Crippen LogP contribution < -0.4 is 0 Å². The first-order valence-corrected chi connectivity index (χ1v) is 5.99. The first-order chi connectivity index (χ1) is 8.19. The molecule has 1 atom stereocenters. The van der Waals surface area contributed by atoms with Crippen LogP contribution in [-0.2, 0) is 11.3 Å². The molecule has 17 heavy (non-hydrogen) atoms. The summed E-state index contributed by atoms with van der Waals surface area (Å²) in [5, 5.41) is 9.36. The minimum absolute atomic E-state index is 0.0127. The average Bonchev–Trinajstić information content (AvgIpc) is 2.28. The fraction of sp³-hybridized carbons (Fsp3) is 0.538. The van der Waals surface area contributed by atoms with Crippen molar-refractivity contribution in [3.63, 3.8) is 0 Å². The van der Waals surface area contributed by atoms with Crippen LogP contribution in [0, 0.1) is 5.82 Å². The number of morpholine rings is 1. The van der Waals surface area contributed by atoms with Crippen molar-refractivity contribution < 1.29 is 14.2 Å². The summed E-state index contributed by atoms with van der Waals surface area (Å²) < 4.78 is 18.6. The molecule has 0 aliphatic carbocycles. The zero-order valence-corrected chi connectivity index (χ0v) is 10.0. The monoisotopic (exact) mass is 239 g/mol. The minimum Gasteiger partial charge on any atom is -0.508 e. The second kappa shape index (κ2) is 5.47. The Morgan fingerprint density at radius 1 is 1.47 bits per heavy atom. The van der Waals surface area contributed by atoms with E-state index in [0.29, 0.717) is 12.6 Å². The third kappa shape index (κ3) is 3.17. The van der Waals surface area contributed by atoms with Gasteiger partial charge in [-0.3, -0.25) is 4.90 Å². The number of hydrogen-bond donors (Lipinski definition) is 1. The van der Waals surface area contributed by atoms with Crippen molar-refractivity contribution in [2.45, 2.75) is 25.9 Å². The Balaban J connectivity index is 2.08. The van der Waals surface area contributed by atoms with E-state index in [0.717, 1.165) is 37.8 Å². The van der Waals surface area contributed by atoms with Crippen LogP contribution in [0.15, 0.2) is 18.2 Å². The highest BCUT2D eigenvalue weighted by Crippen LogP contribution is 2.19. The highest BCUT2D eigenvalue weighted by molar-refractivity contribution is 5.28. The molecular weight excluding hydrogens is 221 g/mol. The Morgan fingerprint density at radius 3 is 3.00 bits per heavy atom. The quantitative estimate of drug-likeness (QED) is 0.877. The number of hydrogen-bond acceptors (Lipinski definition) is 3. The number of benzene rings is 1. The first kappa shape index (κ1) is 12.3. The van der Waals surface area contributed by atoms with Gasteiger partial charge in [0, 0.05) is 25.2 Å². The number of aromatic hydroxyl groups is 1. The SMILES string of the molecule is CCC1COCCN1Cc1cc(O)cc(F)c1. The van der Waals surface area contributed by atoms with Gasteiger partial charge in [-0.25, -0.2) is 4.39 Å². The zero-order chi connectivity index (χ0) is 12.3. The van der Waals surface area contributed by atoms with Crippen molar-refractivity contribution in [1.82, 2.24) is 4.90 Å². The molecule has 4 heteroatoms. The van der Waals surface area contributed by atoms with Crippen molar-refractivity contribution >= 4 is 0 Å². The first-order valence-electron chi connectivity index (χ1n) is 5.99. The summed E-state index contributed by atoms with van der Waals surface area (Å²) in [5.74, 6) is -0.400. The molecule has 1 aromatic rings. The fourth-order valence-electron chi connectivity index (χ4n) is 2.23. The van der Waals surface area contributed by atoms with Crippen LogP contribution in [0.5, 0.6) is 5.75 Å². The number of phenols is 1. The minimum atomic E-state index is -0.388. The Morgan fingerprint density at radius 2 is 2.29 bits per heavy atom. The van der Waals surface area contributed by atoms with Crippen molar-refractivity contribution in [1.29, 1.82) is 0 Å². The van der Waals surface area contributed by atoms with Gasteiger partial charge in [-0.2, -0.15) is 0 Å². The fourth-order valence-corrected chi connectivity index (χ4v) is 2.23. The summed E-state index contributed by atoms with van der Waals surface area (Å²) >= 11 is 0. The van der Waals surface area contributed by atoms with E-state index < -0.39 is 0 Å². The molecule has 2 rings (SSSR count). The Hall–Kier alpha value is -1.13. The van der Waals surface area contributed by atoms with Gasteiger partial charge in [0.2, 0.25) is 0 Å². The van der Waals surface area contributed by atoms with Crippen LogP contribution in [0.1, 0.15) is 18.9 Å². The van der Waals surface area contributed by atoms with Crippen LogP contribution in [-0.4, -0.2) is 35.8 Å². The van der Waals surface area contributed by atoms with E-state index in [1.807, 2.05) is 0 Å². The summed E-state index contributed by atoms with van der Waals surface area (Å²) in [6.45, 7) is 5.09. The molecule has 0 amide bonds. The predicted octanol–water partition coefficient (Wildman–Crippen LogP) is 2.14. The van der Waals surface area contributed by atoms with Crippen molar-refractivity contribution in [3.8, 4) is 5.75 Å². The van der Waals surface area contributed by atoms with Gasteiger partial charge in [-0.05, 0) is 24.1 Å². The highest BCUT2D eigenvalue weighted by Gasteiger charge is 2.21. The molecule has 0 bridgehead atoms. The van der Waals surface area contributed by atoms with Crippen LogP contribution in [0.4, 0.5) is 4.39 Å². The number of nitrogens with zero attached hydrogens (tertiary/aromatic N) is 1. The van der Waals surface area contributed by atoms with Gasteiger partial charge in [0.15, 0.2) is 0 Å². The largest absolute Gasteiger partial charge is 0.508 e. The van der Waals surface area contributed by atoms with Crippen LogP contribution in [0.25, 0.3) is 0 Å². The van der Waals surface area contributed by atoms with E-state index >= 15 is 0 Å². The number of phenolic OH excluding ortho intramolecular Hbond substituents is 1. The summed E-state index contributed by atoms with van der Waals surface area (Å²) in [7, 11) is 0. The molecule has 1 aromatic carbocycles. The molecule has 1 aliphatic heterocycles. The van der Waals surface area contributed by atoms with Crippen LogP contribution in [0.2, 0.25) is 0 Å². The molecule has 1 saturated heterocycles. The average molecular weight is 239 g/mol. The summed E-state index contributed by atoms with van der Waals surface area (Å²) in [6.07, 6.45) is 1.02. The Labute approximate surface area is 101 Å². The predicted molar refractivity (Wildman–Crippen MR) is 63.4 cm³/mol. The van der Waals surface area contributed by atoms with Crippen molar-refractivity contribution in [2.75, 3.05) is 19.8 Å². The number of halogens is 1. The van der Waals surface area contributed by atoms with Gasteiger partial charge in [-0.1, -0.05) is 6.92 Å². The molecular formula is C13H18FNO2. The van der Waals surface area contributed by atoms with Crippen molar-refractivity contribution in [2.24, 2.45) is 0 Å². The Kier molecular flexibility index (Phi) is 3.97. The van der Waals surface area contributed by atoms with E-state index in [-0.39, 0.29) is 11.6 Å². The molecule has 0 radical (unpaired) electrons. The lowest BCUT2D eigenvalue weighted by Crippen LogP contribution is -2.44. The van der Waals surface area contributed by atoms with Gasteiger partial charge >= 0.3 is 0 Å². The van der Waals surface area contributed by atoms with Crippen LogP contribution in [0.3, 0.4) is 0 Å². The maximum Gasteiger partial charge on any atom is 0.127 e. The molecule has 0 saturated carbocycles. The summed E-state index contributed by atoms with van der Waals surface area (Å²) in [4.78, 5) is 2.28. The van der Waals surface area contributed by atoms with E-state index in [2.05, 4.69) is 11.8 Å². The molecule has 1 aliphatic rings. The van der Waals surface area contributed by atoms with E-state index in [1.165, 1.54) is 6.07 Å². The third-order valence-corrected chi connectivity index (χ3v) is 3.15. The molecule has 1 N–H and O–H groups in total. The lowest BCUT2D eigenvalue weighted by atomic mass is 10.1. The second-order valence-electron chi connectivity index (χ2n) is 4.43. The van der Waals surface area contributed by atoms with Gasteiger partial charge in [0.25, 0.3) is 0 Å². The van der Waals surface area contributed by atoms with Gasteiger partial charge in [0.05, 0.1) is 13.2 Å². The maximum atomic E-state index is 13.2.